The number of rotatable bonds is 7. The third kappa shape index (κ3) is 5.38. The summed E-state index contributed by atoms with van der Waals surface area (Å²) in [5, 5.41) is 2.21. The molecule has 6 aromatic carbocycles. The van der Waals surface area contributed by atoms with Crippen LogP contribution in [-0.4, -0.2) is 5.71 Å². The van der Waals surface area contributed by atoms with Crippen LogP contribution in [-0.2, 0) is 0 Å². The van der Waals surface area contributed by atoms with Crippen LogP contribution in [0.5, 0.6) is 23.0 Å². The molecule has 0 saturated heterocycles. The van der Waals surface area contributed by atoms with Crippen LogP contribution in [0.25, 0.3) is 21.9 Å². The van der Waals surface area contributed by atoms with Crippen molar-refractivity contribution >= 4 is 22.2 Å². The molecule has 0 spiro atoms. The average Bonchev–Trinajstić information content (AvgIpc) is 3.20. The van der Waals surface area contributed by atoms with Gasteiger partial charge in [0.25, 0.3) is 0 Å². The lowest BCUT2D eigenvalue weighted by Crippen LogP contribution is -2.31. The van der Waals surface area contributed by atoms with Crippen LogP contribution in [0.1, 0.15) is 78.7 Å². The average molecular weight is 678 g/mol. The van der Waals surface area contributed by atoms with Gasteiger partial charge in [-0.3, -0.25) is 4.99 Å². The molecule has 0 amide bonds. The molecular formula is C49H43NO2. The van der Waals surface area contributed by atoms with Gasteiger partial charge in [-0.25, -0.2) is 0 Å². The van der Waals surface area contributed by atoms with Crippen molar-refractivity contribution in [2.24, 2.45) is 10.9 Å². The summed E-state index contributed by atoms with van der Waals surface area (Å²) in [5.74, 6) is 3.82. The van der Waals surface area contributed by atoms with E-state index in [-0.39, 0.29) is 17.8 Å². The number of nitrogens with zero attached hydrogens (tertiary/aromatic N) is 1. The number of fused-ring (bicyclic) bond motifs is 5. The molecule has 2 heterocycles. The maximum absolute atomic E-state index is 7.02. The van der Waals surface area contributed by atoms with E-state index in [4.69, 9.17) is 14.5 Å². The Labute approximate surface area is 307 Å². The Bertz CT molecular complexity index is 2400. The zero-order valence-corrected chi connectivity index (χ0v) is 30.1. The Hall–Kier alpha value is -5.67. The van der Waals surface area contributed by atoms with Gasteiger partial charge in [0.05, 0.1) is 5.69 Å². The molecule has 3 heteroatoms. The first-order valence-corrected chi connectivity index (χ1v) is 18.8. The zero-order valence-electron chi connectivity index (χ0n) is 30.1. The third-order valence-electron chi connectivity index (χ3n) is 11.4. The van der Waals surface area contributed by atoms with Gasteiger partial charge in [0.1, 0.15) is 0 Å². The summed E-state index contributed by atoms with van der Waals surface area (Å²) in [5.41, 5.74) is 11.1. The molecule has 256 valence electrons. The number of allylic oxidation sites excluding steroid dienone is 4. The molecule has 4 atom stereocenters. The van der Waals surface area contributed by atoms with Crippen molar-refractivity contribution in [3.63, 3.8) is 0 Å². The molecule has 2 aliphatic heterocycles. The van der Waals surface area contributed by atoms with Gasteiger partial charge in [0.2, 0.25) is 0 Å². The predicted molar refractivity (Wildman–Crippen MR) is 215 cm³/mol. The highest BCUT2D eigenvalue weighted by Crippen LogP contribution is 2.58. The van der Waals surface area contributed by atoms with E-state index >= 15 is 0 Å². The first-order chi connectivity index (χ1) is 25.6. The molecule has 0 fully saturated rings. The van der Waals surface area contributed by atoms with E-state index in [2.05, 4.69) is 142 Å². The Morgan fingerprint density at radius 3 is 2.10 bits per heavy atom. The molecule has 0 aromatic heterocycles. The highest BCUT2D eigenvalue weighted by atomic mass is 16.6. The molecule has 1 aliphatic carbocycles. The lowest BCUT2D eigenvalue weighted by Gasteiger charge is -2.38. The SMILES string of the molecule is CCC(C1=Nc2ccccc2C(c2ccc(C3C=CC=CC3)cc2)C1CC)c1c2c(c3ccccc3c1-c1ccccc1C)Oc1ccccc1O2. The molecule has 3 nitrogen and oxygen atoms in total. The van der Waals surface area contributed by atoms with Crippen molar-refractivity contribution in [3.8, 4) is 34.1 Å². The van der Waals surface area contributed by atoms with E-state index in [1.54, 1.807) is 0 Å². The number of ether oxygens (including phenoxy) is 2. The monoisotopic (exact) mass is 677 g/mol. The summed E-state index contributed by atoms with van der Waals surface area (Å²) in [7, 11) is 0. The van der Waals surface area contributed by atoms with Gasteiger partial charge < -0.3 is 9.47 Å². The van der Waals surface area contributed by atoms with Crippen molar-refractivity contribution in [2.45, 2.75) is 57.8 Å². The Morgan fingerprint density at radius 2 is 1.37 bits per heavy atom. The minimum absolute atomic E-state index is 0.0268. The molecule has 0 N–H and O–H groups in total. The summed E-state index contributed by atoms with van der Waals surface area (Å²) in [4.78, 5) is 5.65. The molecular weight excluding hydrogens is 635 g/mol. The van der Waals surface area contributed by atoms with Crippen molar-refractivity contribution in [1.29, 1.82) is 0 Å². The maximum Gasteiger partial charge on any atom is 0.178 e. The second kappa shape index (κ2) is 13.5. The van der Waals surface area contributed by atoms with Gasteiger partial charge in [0.15, 0.2) is 23.0 Å². The topological polar surface area (TPSA) is 30.8 Å². The molecule has 6 aromatic rings. The van der Waals surface area contributed by atoms with Crippen LogP contribution < -0.4 is 9.47 Å². The van der Waals surface area contributed by atoms with Crippen LogP contribution in [0.15, 0.2) is 151 Å². The van der Waals surface area contributed by atoms with E-state index in [1.165, 1.54) is 39.1 Å². The van der Waals surface area contributed by atoms with E-state index in [9.17, 15) is 0 Å². The number of hydrogen-bond acceptors (Lipinski definition) is 3. The Balaban J connectivity index is 1.27. The summed E-state index contributed by atoms with van der Waals surface area (Å²) in [6, 6.07) is 43.6. The molecule has 3 aliphatic rings. The van der Waals surface area contributed by atoms with Crippen LogP contribution in [0.2, 0.25) is 0 Å². The molecule has 52 heavy (non-hydrogen) atoms. The van der Waals surface area contributed by atoms with Gasteiger partial charge in [-0.15, -0.1) is 0 Å². The first kappa shape index (κ1) is 32.3. The van der Waals surface area contributed by atoms with E-state index in [1.807, 2.05) is 24.3 Å². The minimum Gasteiger partial charge on any atom is -0.449 e. The summed E-state index contributed by atoms with van der Waals surface area (Å²) in [6.45, 7) is 6.84. The molecule has 4 unspecified atom stereocenters. The van der Waals surface area contributed by atoms with Gasteiger partial charge in [-0.05, 0) is 83.2 Å². The highest BCUT2D eigenvalue weighted by Gasteiger charge is 2.40. The maximum atomic E-state index is 7.02. The van der Waals surface area contributed by atoms with Crippen molar-refractivity contribution in [1.82, 2.24) is 0 Å². The summed E-state index contributed by atoms with van der Waals surface area (Å²) >= 11 is 0. The smallest absolute Gasteiger partial charge is 0.178 e. The second-order valence-corrected chi connectivity index (χ2v) is 14.3. The van der Waals surface area contributed by atoms with Crippen LogP contribution >= 0.6 is 0 Å². The molecule has 0 saturated carbocycles. The van der Waals surface area contributed by atoms with Gasteiger partial charge in [0, 0.05) is 40.3 Å². The zero-order chi connectivity index (χ0) is 35.2. The summed E-state index contributed by atoms with van der Waals surface area (Å²) in [6.07, 6.45) is 11.8. The second-order valence-electron chi connectivity index (χ2n) is 14.3. The fourth-order valence-corrected chi connectivity index (χ4v) is 8.91. The largest absolute Gasteiger partial charge is 0.449 e. The van der Waals surface area contributed by atoms with Crippen molar-refractivity contribution < 1.29 is 9.47 Å². The molecule has 0 radical (unpaired) electrons. The number of aliphatic imine (C=N–C) groups is 1. The Morgan fingerprint density at radius 1 is 0.692 bits per heavy atom. The lowest BCUT2D eigenvalue weighted by molar-refractivity contribution is 0.359. The fourth-order valence-electron chi connectivity index (χ4n) is 8.91. The van der Waals surface area contributed by atoms with Crippen molar-refractivity contribution in [2.75, 3.05) is 0 Å². The summed E-state index contributed by atoms with van der Waals surface area (Å²) < 4.78 is 13.8. The van der Waals surface area contributed by atoms with E-state index in [0.717, 1.165) is 64.3 Å². The first-order valence-electron chi connectivity index (χ1n) is 18.8. The lowest BCUT2D eigenvalue weighted by atomic mass is 9.69. The van der Waals surface area contributed by atoms with Gasteiger partial charge in [-0.2, -0.15) is 0 Å². The van der Waals surface area contributed by atoms with Gasteiger partial charge >= 0.3 is 0 Å². The normalized spacial score (nSPS) is 19.1. The van der Waals surface area contributed by atoms with Crippen molar-refractivity contribution in [3.05, 3.63) is 173 Å². The van der Waals surface area contributed by atoms with E-state index in [0.29, 0.717) is 5.92 Å². The molecule has 9 rings (SSSR count). The predicted octanol–water partition coefficient (Wildman–Crippen LogP) is 13.8. The molecule has 0 bridgehead atoms. The quantitative estimate of drug-likeness (QED) is 0.168. The number of hydrogen-bond donors (Lipinski definition) is 0. The number of aryl methyl sites for hydroxylation is 1. The third-order valence-corrected chi connectivity index (χ3v) is 11.4. The fraction of sp³-hybridized carbons (Fsp3) is 0.204. The number of para-hydroxylation sites is 3. The standard InChI is InChI=1S/C49H43NO2/c1-4-35-44(34-29-27-33(28-30-34)32-18-7-6-8-19-32)40-23-13-14-24-41(40)50-47(35)36(5-2)46-45(37-20-10-9-17-31(37)3)38-21-11-12-22-39(38)48-49(46)52-43-26-16-15-25-42(43)51-48/h6-18,20-30,32,35-36,44H,4-5,19H2,1-3H3. The van der Waals surface area contributed by atoms with Crippen LogP contribution in [0.3, 0.4) is 0 Å². The van der Waals surface area contributed by atoms with E-state index < -0.39 is 0 Å². The Kier molecular flexibility index (Phi) is 8.35. The van der Waals surface area contributed by atoms with Crippen LogP contribution in [0.4, 0.5) is 5.69 Å². The number of benzene rings is 6. The van der Waals surface area contributed by atoms with Crippen LogP contribution in [0, 0.1) is 12.8 Å². The minimum atomic E-state index is -0.0268. The van der Waals surface area contributed by atoms with Gasteiger partial charge in [-0.1, -0.05) is 141 Å². The highest BCUT2D eigenvalue weighted by molar-refractivity contribution is 6.09.